The minimum Gasteiger partial charge on any atom is -0.504 e. The molecular formula is C11H13ClN2O6. The van der Waals surface area contributed by atoms with Crippen LogP contribution in [-0.2, 0) is 4.74 Å². The summed E-state index contributed by atoms with van der Waals surface area (Å²) in [6, 6.07) is 1.80. The van der Waals surface area contributed by atoms with Crippen LogP contribution in [0.3, 0.4) is 0 Å². The average molecular weight is 305 g/mol. The van der Waals surface area contributed by atoms with E-state index in [1.807, 2.05) is 0 Å². The molecule has 1 saturated heterocycles. The van der Waals surface area contributed by atoms with Crippen LogP contribution < -0.4 is 10.1 Å². The van der Waals surface area contributed by atoms with Gasteiger partial charge in [-0.15, -0.1) is 12.4 Å². The van der Waals surface area contributed by atoms with E-state index in [1.54, 1.807) is 0 Å². The highest BCUT2D eigenvalue weighted by Gasteiger charge is 2.27. The van der Waals surface area contributed by atoms with E-state index in [0.29, 0.717) is 6.42 Å². The molecule has 1 atom stereocenters. The van der Waals surface area contributed by atoms with E-state index in [4.69, 9.17) is 9.47 Å². The van der Waals surface area contributed by atoms with E-state index in [9.17, 15) is 20.0 Å². The molecule has 1 aromatic rings. The Kier molecular flexibility index (Phi) is 4.98. The Morgan fingerprint density at radius 3 is 2.80 bits per heavy atom. The van der Waals surface area contributed by atoms with Gasteiger partial charge in [0.1, 0.15) is 0 Å². The van der Waals surface area contributed by atoms with Crippen molar-refractivity contribution in [3.63, 3.8) is 0 Å². The standard InChI is InChI=1S/C11H12N2O6.ClH/c1-18-9-5-6(13(16)17)4-7(10(9)14)8-2-3-19-11(15)12-8;/h4-5,8,14H,2-3H2,1H3,(H,12,15);1H/t8-;/m0./s1. The van der Waals surface area contributed by atoms with Crippen molar-refractivity contribution in [3.05, 3.63) is 27.8 Å². The third-order valence-corrected chi connectivity index (χ3v) is 2.83. The molecule has 1 heterocycles. The van der Waals surface area contributed by atoms with Crippen molar-refractivity contribution < 1.29 is 24.3 Å². The number of nitro benzene ring substituents is 1. The van der Waals surface area contributed by atoms with Crippen LogP contribution in [0.2, 0.25) is 0 Å². The number of benzene rings is 1. The molecule has 0 unspecified atom stereocenters. The zero-order chi connectivity index (χ0) is 14.0. The third-order valence-electron chi connectivity index (χ3n) is 2.83. The number of halogens is 1. The van der Waals surface area contributed by atoms with Crippen LogP contribution in [0.15, 0.2) is 12.1 Å². The molecule has 9 heteroatoms. The summed E-state index contributed by atoms with van der Waals surface area (Å²) in [6.45, 7) is 0.181. The number of rotatable bonds is 3. The predicted octanol–water partition coefficient (Wildman–Crippen LogP) is 1.90. The van der Waals surface area contributed by atoms with Gasteiger partial charge in [-0.25, -0.2) is 4.79 Å². The van der Waals surface area contributed by atoms with Gasteiger partial charge in [-0.1, -0.05) is 0 Å². The molecule has 20 heavy (non-hydrogen) atoms. The van der Waals surface area contributed by atoms with E-state index in [1.165, 1.54) is 13.2 Å². The lowest BCUT2D eigenvalue weighted by Gasteiger charge is -2.24. The highest BCUT2D eigenvalue weighted by atomic mass is 35.5. The van der Waals surface area contributed by atoms with Crippen LogP contribution in [-0.4, -0.2) is 29.8 Å². The molecular weight excluding hydrogens is 292 g/mol. The third kappa shape index (κ3) is 3.02. The number of hydrogen-bond donors (Lipinski definition) is 2. The van der Waals surface area contributed by atoms with Crippen LogP contribution in [0.4, 0.5) is 10.5 Å². The Morgan fingerprint density at radius 1 is 1.55 bits per heavy atom. The molecule has 0 bridgehead atoms. The second-order valence-corrected chi connectivity index (χ2v) is 3.96. The van der Waals surface area contributed by atoms with E-state index in [2.05, 4.69) is 5.32 Å². The lowest BCUT2D eigenvalue weighted by molar-refractivity contribution is -0.385. The number of amides is 1. The first-order valence-corrected chi connectivity index (χ1v) is 5.51. The van der Waals surface area contributed by atoms with Crippen LogP contribution in [0, 0.1) is 10.1 Å². The smallest absolute Gasteiger partial charge is 0.407 e. The molecule has 110 valence electrons. The number of non-ortho nitro benzene ring substituents is 1. The fraction of sp³-hybridized carbons (Fsp3) is 0.364. The van der Waals surface area contributed by atoms with Crippen molar-refractivity contribution in [1.29, 1.82) is 0 Å². The lowest BCUT2D eigenvalue weighted by Crippen LogP contribution is -2.35. The van der Waals surface area contributed by atoms with Crippen molar-refractivity contribution in [2.75, 3.05) is 13.7 Å². The van der Waals surface area contributed by atoms with Crippen molar-refractivity contribution >= 4 is 24.2 Å². The molecule has 0 aromatic heterocycles. The summed E-state index contributed by atoms with van der Waals surface area (Å²) >= 11 is 0. The highest BCUT2D eigenvalue weighted by Crippen LogP contribution is 2.39. The number of carbonyl (C=O) groups excluding carboxylic acids is 1. The normalized spacial score (nSPS) is 17.4. The van der Waals surface area contributed by atoms with Gasteiger partial charge < -0.3 is 19.9 Å². The van der Waals surface area contributed by atoms with Crippen LogP contribution in [0.1, 0.15) is 18.0 Å². The number of phenols is 1. The first-order valence-electron chi connectivity index (χ1n) is 5.51. The Labute approximate surface area is 120 Å². The molecule has 1 amide bonds. The number of nitrogens with zero attached hydrogens (tertiary/aromatic N) is 1. The number of cyclic esters (lactones) is 1. The number of hydrogen-bond acceptors (Lipinski definition) is 6. The molecule has 0 aliphatic carbocycles. The van der Waals surface area contributed by atoms with E-state index in [0.717, 1.165) is 6.07 Å². The minimum atomic E-state index is -0.624. The van der Waals surface area contributed by atoms with Crippen molar-refractivity contribution in [2.45, 2.75) is 12.5 Å². The number of ether oxygens (including phenoxy) is 2. The van der Waals surface area contributed by atoms with E-state index in [-0.39, 0.29) is 41.8 Å². The average Bonchev–Trinajstić information content (AvgIpc) is 2.38. The molecule has 2 N–H and O–H groups in total. The zero-order valence-corrected chi connectivity index (χ0v) is 11.3. The van der Waals surface area contributed by atoms with E-state index >= 15 is 0 Å². The van der Waals surface area contributed by atoms with Crippen LogP contribution >= 0.6 is 12.4 Å². The van der Waals surface area contributed by atoms with Gasteiger partial charge in [0.15, 0.2) is 11.5 Å². The number of carbonyl (C=O) groups is 1. The minimum absolute atomic E-state index is 0. The molecule has 1 fully saturated rings. The monoisotopic (exact) mass is 304 g/mol. The number of nitro groups is 1. The van der Waals surface area contributed by atoms with Gasteiger partial charge in [-0.3, -0.25) is 10.1 Å². The topological polar surface area (TPSA) is 111 Å². The van der Waals surface area contributed by atoms with Crippen LogP contribution in [0.25, 0.3) is 0 Å². The quantitative estimate of drug-likeness (QED) is 0.651. The summed E-state index contributed by atoms with van der Waals surface area (Å²) in [5.41, 5.74) is 0.0214. The highest BCUT2D eigenvalue weighted by molar-refractivity contribution is 5.85. The number of methoxy groups -OCH3 is 1. The summed E-state index contributed by atoms with van der Waals surface area (Å²) in [6.07, 6.45) is -0.218. The van der Waals surface area contributed by atoms with Crippen molar-refractivity contribution in [1.82, 2.24) is 5.32 Å². The summed E-state index contributed by atoms with van der Waals surface area (Å²) in [7, 11) is 1.30. The van der Waals surface area contributed by atoms with Gasteiger partial charge in [-0.2, -0.15) is 0 Å². The lowest BCUT2D eigenvalue weighted by atomic mass is 10.0. The molecule has 1 aliphatic heterocycles. The van der Waals surface area contributed by atoms with Gasteiger partial charge >= 0.3 is 6.09 Å². The second-order valence-electron chi connectivity index (χ2n) is 3.96. The maximum Gasteiger partial charge on any atom is 0.407 e. The van der Waals surface area contributed by atoms with Gasteiger partial charge in [0.05, 0.1) is 30.7 Å². The summed E-state index contributed by atoms with van der Waals surface area (Å²) in [5, 5.41) is 23.3. The van der Waals surface area contributed by atoms with Crippen LogP contribution in [0.5, 0.6) is 11.5 Å². The Hall–Kier alpha value is -2.22. The summed E-state index contributed by atoms with van der Waals surface area (Å²) in [5.74, 6) is -0.231. The number of nitrogens with one attached hydrogen (secondary N) is 1. The Bertz CT molecular complexity index is 536. The van der Waals surface area contributed by atoms with E-state index < -0.39 is 17.1 Å². The van der Waals surface area contributed by atoms with Crippen molar-refractivity contribution in [2.24, 2.45) is 0 Å². The second kappa shape index (κ2) is 6.29. The fourth-order valence-electron chi connectivity index (χ4n) is 1.90. The molecule has 8 nitrogen and oxygen atoms in total. The maximum atomic E-state index is 11.2. The van der Waals surface area contributed by atoms with Gasteiger partial charge in [0.2, 0.25) is 0 Å². The molecule has 2 rings (SSSR count). The first-order chi connectivity index (χ1) is 9.02. The van der Waals surface area contributed by atoms with Gasteiger partial charge in [0.25, 0.3) is 5.69 Å². The molecule has 0 spiro atoms. The number of aromatic hydroxyl groups is 1. The van der Waals surface area contributed by atoms with Gasteiger partial charge in [-0.05, 0) is 0 Å². The molecule has 0 saturated carbocycles. The first kappa shape index (κ1) is 15.8. The maximum absolute atomic E-state index is 11.2. The summed E-state index contributed by atoms with van der Waals surface area (Å²) < 4.78 is 9.60. The largest absolute Gasteiger partial charge is 0.504 e. The fourth-order valence-corrected chi connectivity index (χ4v) is 1.90. The number of alkyl carbamates (subject to hydrolysis) is 1. The SMILES string of the molecule is COc1cc([N+](=O)[O-])cc([C@@H]2CCOC(=O)N2)c1O.Cl. The Balaban J connectivity index is 0.00000200. The molecule has 0 radical (unpaired) electrons. The summed E-state index contributed by atoms with van der Waals surface area (Å²) in [4.78, 5) is 21.4. The van der Waals surface area contributed by atoms with Crippen molar-refractivity contribution in [3.8, 4) is 11.5 Å². The number of phenolic OH excluding ortho intramolecular Hbond substituents is 1. The molecule has 1 aromatic carbocycles. The molecule has 1 aliphatic rings. The Morgan fingerprint density at radius 2 is 2.25 bits per heavy atom. The zero-order valence-electron chi connectivity index (χ0n) is 10.5. The predicted molar refractivity (Wildman–Crippen MR) is 70.4 cm³/mol. The van der Waals surface area contributed by atoms with Gasteiger partial charge in [0, 0.05) is 18.1 Å².